The lowest BCUT2D eigenvalue weighted by molar-refractivity contribution is 0.104. The van der Waals surface area contributed by atoms with Crippen molar-refractivity contribution in [2.24, 2.45) is 0 Å². The second-order valence-corrected chi connectivity index (χ2v) is 10.6. The van der Waals surface area contributed by atoms with E-state index >= 15 is 0 Å². The van der Waals surface area contributed by atoms with Gasteiger partial charge in [0.1, 0.15) is 18.1 Å². The number of ketones is 1. The number of carbonyl (C=O) groups is 1. The third-order valence-electron chi connectivity index (χ3n) is 5.37. The Kier molecular flexibility index (Phi) is 7.25. The topological polar surface area (TPSA) is 35.5 Å². The molecule has 3 rings (SSSR count). The predicted octanol–water partition coefficient (Wildman–Crippen LogP) is 7.45. The van der Waals surface area contributed by atoms with Crippen molar-refractivity contribution in [1.29, 1.82) is 0 Å². The van der Waals surface area contributed by atoms with Gasteiger partial charge >= 0.3 is 0 Å². The van der Waals surface area contributed by atoms with E-state index < -0.39 is 0 Å². The third kappa shape index (κ3) is 5.68. The molecule has 0 unspecified atom stereocenters. The number of aryl methyl sites for hydroxylation is 3. The van der Waals surface area contributed by atoms with Crippen LogP contribution in [0.3, 0.4) is 0 Å². The van der Waals surface area contributed by atoms with Gasteiger partial charge in [0.2, 0.25) is 0 Å². The van der Waals surface area contributed by atoms with Crippen LogP contribution in [0.2, 0.25) is 0 Å². The molecule has 0 aliphatic heterocycles. The first-order chi connectivity index (χ1) is 15.1. The molecule has 0 saturated carbocycles. The SMILES string of the molecule is COc1ccc(/C=C/C(=O)c2cc(C)sc2C)cc1COc1cc(C)ccc1C(C)(C)C. The lowest BCUT2D eigenvalue weighted by Crippen LogP contribution is -2.13. The number of hydrogen-bond acceptors (Lipinski definition) is 4. The Labute approximate surface area is 195 Å². The summed E-state index contributed by atoms with van der Waals surface area (Å²) in [4.78, 5) is 14.8. The largest absolute Gasteiger partial charge is 0.496 e. The van der Waals surface area contributed by atoms with Crippen LogP contribution in [0.15, 0.2) is 48.5 Å². The number of methoxy groups -OCH3 is 1. The summed E-state index contributed by atoms with van der Waals surface area (Å²) in [7, 11) is 1.66. The second kappa shape index (κ2) is 9.74. The Morgan fingerprint density at radius 1 is 1.00 bits per heavy atom. The lowest BCUT2D eigenvalue weighted by Gasteiger charge is -2.23. The van der Waals surface area contributed by atoms with E-state index in [0.717, 1.165) is 43.5 Å². The van der Waals surface area contributed by atoms with Crippen molar-refractivity contribution in [2.75, 3.05) is 7.11 Å². The number of thiophene rings is 1. The minimum absolute atomic E-state index is 0.0177. The monoisotopic (exact) mass is 448 g/mol. The molecule has 2 aromatic carbocycles. The minimum Gasteiger partial charge on any atom is -0.496 e. The maximum atomic E-state index is 12.6. The van der Waals surface area contributed by atoms with E-state index in [0.29, 0.717) is 6.61 Å². The van der Waals surface area contributed by atoms with Gasteiger partial charge in [-0.05, 0) is 73.2 Å². The highest BCUT2D eigenvalue weighted by Gasteiger charge is 2.19. The summed E-state index contributed by atoms with van der Waals surface area (Å²) in [5, 5.41) is 0. The van der Waals surface area contributed by atoms with Crippen molar-refractivity contribution in [3.63, 3.8) is 0 Å². The summed E-state index contributed by atoms with van der Waals surface area (Å²) in [6.07, 6.45) is 3.49. The van der Waals surface area contributed by atoms with Crippen LogP contribution in [0.25, 0.3) is 6.08 Å². The summed E-state index contributed by atoms with van der Waals surface area (Å²) < 4.78 is 11.8. The zero-order valence-electron chi connectivity index (χ0n) is 20.0. The third-order valence-corrected chi connectivity index (χ3v) is 6.33. The number of carbonyl (C=O) groups excluding carboxylic acids is 1. The molecular formula is C28H32O3S. The van der Waals surface area contributed by atoms with Crippen LogP contribution in [0.5, 0.6) is 11.5 Å². The quantitative estimate of drug-likeness (QED) is 0.278. The van der Waals surface area contributed by atoms with Gasteiger partial charge < -0.3 is 9.47 Å². The fourth-order valence-electron chi connectivity index (χ4n) is 3.68. The van der Waals surface area contributed by atoms with Crippen LogP contribution in [0, 0.1) is 20.8 Å². The first-order valence-corrected chi connectivity index (χ1v) is 11.6. The number of hydrogen-bond donors (Lipinski definition) is 0. The molecule has 32 heavy (non-hydrogen) atoms. The first kappa shape index (κ1) is 23.8. The molecule has 168 valence electrons. The summed E-state index contributed by atoms with van der Waals surface area (Å²) in [6, 6.07) is 14.2. The molecule has 0 aliphatic rings. The normalized spacial score (nSPS) is 11.7. The van der Waals surface area contributed by atoms with E-state index in [9.17, 15) is 4.79 Å². The Morgan fingerprint density at radius 3 is 2.38 bits per heavy atom. The molecule has 0 amide bonds. The van der Waals surface area contributed by atoms with Crippen molar-refractivity contribution in [1.82, 2.24) is 0 Å². The van der Waals surface area contributed by atoms with Gasteiger partial charge in [-0.2, -0.15) is 0 Å². The van der Waals surface area contributed by atoms with Gasteiger partial charge in [-0.3, -0.25) is 4.79 Å². The molecule has 1 aromatic heterocycles. The number of allylic oxidation sites excluding steroid dienone is 1. The Hall–Kier alpha value is -2.85. The van der Waals surface area contributed by atoms with Crippen molar-refractivity contribution < 1.29 is 14.3 Å². The summed E-state index contributed by atoms with van der Waals surface area (Å²) in [5.74, 6) is 1.68. The standard InChI is InChI=1S/C28H32O3S/c1-18-8-11-24(28(4,5)6)27(14-18)31-17-22-16-21(10-13-26(22)30-7)9-12-25(29)23-15-19(2)32-20(23)3/h8-16H,17H2,1-7H3/b12-9+. The van der Waals surface area contributed by atoms with Crippen molar-refractivity contribution in [3.8, 4) is 11.5 Å². The summed E-state index contributed by atoms with van der Waals surface area (Å²) in [5.41, 5.74) is 4.96. The molecule has 0 aliphatic carbocycles. The highest BCUT2D eigenvalue weighted by Crippen LogP contribution is 2.33. The Morgan fingerprint density at radius 2 is 1.75 bits per heavy atom. The zero-order valence-corrected chi connectivity index (χ0v) is 20.9. The summed E-state index contributed by atoms with van der Waals surface area (Å²) >= 11 is 1.65. The minimum atomic E-state index is -0.0177. The Bertz CT molecular complexity index is 1150. The molecule has 1 heterocycles. The molecule has 0 fully saturated rings. The maximum Gasteiger partial charge on any atom is 0.186 e. The van der Waals surface area contributed by atoms with Gasteiger partial charge in [0, 0.05) is 20.9 Å². The van der Waals surface area contributed by atoms with Crippen molar-refractivity contribution in [3.05, 3.63) is 86.1 Å². The molecule has 0 atom stereocenters. The smallest absolute Gasteiger partial charge is 0.186 e. The van der Waals surface area contributed by atoms with Gasteiger partial charge in [0.05, 0.1) is 7.11 Å². The van der Waals surface area contributed by atoms with E-state index in [1.165, 1.54) is 5.56 Å². The van der Waals surface area contributed by atoms with Crippen molar-refractivity contribution in [2.45, 2.75) is 53.6 Å². The van der Waals surface area contributed by atoms with E-state index in [1.54, 1.807) is 24.5 Å². The average molecular weight is 449 g/mol. The second-order valence-electron chi connectivity index (χ2n) is 9.13. The lowest BCUT2D eigenvalue weighted by atomic mass is 9.86. The van der Waals surface area contributed by atoms with Gasteiger partial charge in [-0.15, -0.1) is 11.3 Å². The van der Waals surface area contributed by atoms with Gasteiger partial charge in [-0.25, -0.2) is 0 Å². The van der Waals surface area contributed by atoms with Gasteiger partial charge in [0.25, 0.3) is 0 Å². The number of rotatable bonds is 7. The van der Waals surface area contributed by atoms with Crippen LogP contribution in [0.4, 0.5) is 0 Å². The van der Waals surface area contributed by atoms with Crippen LogP contribution >= 0.6 is 11.3 Å². The molecular weight excluding hydrogens is 416 g/mol. The molecule has 0 spiro atoms. The fraction of sp³-hybridized carbons (Fsp3) is 0.321. The molecule has 0 bridgehead atoms. The van der Waals surface area contributed by atoms with Gasteiger partial charge in [-0.1, -0.05) is 45.0 Å². The predicted molar refractivity (Wildman–Crippen MR) is 134 cm³/mol. The molecule has 3 nitrogen and oxygen atoms in total. The molecule has 0 radical (unpaired) electrons. The maximum absolute atomic E-state index is 12.6. The Balaban J connectivity index is 1.83. The van der Waals surface area contributed by atoms with Crippen LogP contribution in [-0.4, -0.2) is 12.9 Å². The van der Waals surface area contributed by atoms with Crippen LogP contribution in [-0.2, 0) is 12.0 Å². The van der Waals surface area contributed by atoms with E-state index in [1.807, 2.05) is 44.2 Å². The fourth-order valence-corrected chi connectivity index (χ4v) is 4.61. The number of benzene rings is 2. The van der Waals surface area contributed by atoms with Gasteiger partial charge in [0.15, 0.2) is 5.78 Å². The average Bonchev–Trinajstić information content (AvgIpc) is 3.07. The molecule has 0 N–H and O–H groups in total. The van der Waals surface area contributed by atoms with E-state index in [4.69, 9.17) is 9.47 Å². The van der Waals surface area contributed by atoms with Crippen LogP contribution < -0.4 is 9.47 Å². The van der Waals surface area contributed by atoms with Crippen molar-refractivity contribution >= 4 is 23.2 Å². The first-order valence-electron chi connectivity index (χ1n) is 10.8. The molecule has 0 saturated heterocycles. The molecule has 3 aromatic rings. The summed E-state index contributed by atoms with van der Waals surface area (Å²) in [6.45, 7) is 13.0. The van der Waals surface area contributed by atoms with E-state index in [-0.39, 0.29) is 11.2 Å². The number of ether oxygens (including phenoxy) is 2. The molecule has 4 heteroatoms. The van der Waals surface area contributed by atoms with E-state index in [2.05, 4.69) is 45.9 Å². The zero-order chi connectivity index (χ0) is 23.5. The van der Waals surface area contributed by atoms with Crippen LogP contribution in [0.1, 0.15) is 63.1 Å². The highest BCUT2D eigenvalue weighted by atomic mass is 32.1. The highest BCUT2D eigenvalue weighted by molar-refractivity contribution is 7.12.